The lowest BCUT2D eigenvalue weighted by molar-refractivity contribution is -0.145. The van der Waals surface area contributed by atoms with Crippen LogP contribution in [0.3, 0.4) is 0 Å². The van der Waals surface area contributed by atoms with E-state index in [2.05, 4.69) is 5.32 Å². The zero-order chi connectivity index (χ0) is 22.5. The molecule has 0 saturated carbocycles. The molecule has 0 spiro atoms. The summed E-state index contributed by atoms with van der Waals surface area (Å²) in [6.07, 6.45) is -1.47. The molecule has 1 N–H and O–H groups in total. The molecule has 2 atom stereocenters. The second-order valence-electron chi connectivity index (χ2n) is 6.66. The number of anilines is 1. The molecular weight excluding hydrogens is 442 g/mol. The minimum absolute atomic E-state index is 0.0491. The number of rotatable bonds is 7. The zero-order valence-electron chi connectivity index (χ0n) is 17.7. The number of hydrogen-bond donors (Lipinski definition) is 1. The third-order valence-electron chi connectivity index (χ3n) is 4.81. The van der Waals surface area contributed by atoms with Crippen molar-refractivity contribution in [2.24, 2.45) is 0 Å². The van der Waals surface area contributed by atoms with E-state index in [0.29, 0.717) is 44.1 Å². The number of carbonyl (C=O) groups is 1. The van der Waals surface area contributed by atoms with Crippen molar-refractivity contribution in [1.29, 1.82) is 0 Å². The highest BCUT2D eigenvalue weighted by molar-refractivity contribution is 7.80. The van der Waals surface area contributed by atoms with Crippen molar-refractivity contribution in [1.82, 2.24) is 0 Å². The predicted molar refractivity (Wildman–Crippen MR) is 122 cm³/mol. The van der Waals surface area contributed by atoms with Crippen molar-refractivity contribution < 1.29 is 28.5 Å². The first-order valence-corrected chi connectivity index (χ1v) is 10.4. The Bertz CT molecular complexity index is 983. The standard InChI is InChI=1S/C22H24ClNO6S/c1-5-29-18(25)11-17-22(31)24-19-14(9-12(23)10-16(19)27-3)20(30-17)13-7-6-8-15(26-2)21(13)28-4/h6-10,17,20H,5,11H2,1-4H3,(H,24,31). The Morgan fingerprint density at radius 3 is 2.52 bits per heavy atom. The van der Waals surface area contributed by atoms with Crippen molar-refractivity contribution in [3.63, 3.8) is 0 Å². The van der Waals surface area contributed by atoms with Gasteiger partial charge in [0, 0.05) is 22.2 Å². The number of hydrogen-bond acceptors (Lipinski definition) is 7. The molecular formula is C22H24ClNO6S. The lowest BCUT2D eigenvalue weighted by Crippen LogP contribution is -2.31. The van der Waals surface area contributed by atoms with E-state index < -0.39 is 18.2 Å². The molecule has 166 valence electrons. The molecule has 3 rings (SSSR count). The monoisotopic (exact) mass is 465 g/mol. The summed E-state index contributed by atoms with van der Waals surface area (Å²) in [5.74, 6) is 1.13. The van der Waals surface area contributed by atoms with Crippen LogP contribution in [-0.2, 0) is 14.3 Å². The van der Waals surface area contributed by atoms with Gasteiger partial charge < -0.3 is 29.0 Å². The highest BCUT2D eigenvalue weighted by Gasteiger charge is 2.35. The van der Waals surface area contributed by atoms with E-state index in [1.165, 1.54) is 0 Å². The Hall–Kier alpha value is -2.55. The third kappa shape index (κ3) is 4.87. The molecule has 1 aliphatic heterocycles. The fourth-order valence-electron chi connectivity index (χ4n) is 3.48. The summed E-state index contributed by atoms with van der Waals surface area (Å²) in [5, 5.41) is 3.64. The summed E-state index contributed by atoms with van der Waals surface area (Å²) in [7, 11) is 4.65. The van der Waals surface area contributed by atoms with Gasteiger partial charge in [0.1, 0.15) is 22.9 Å². The van der Waals surface area contributed by atoms with Gasteiger partial charge in [-0.3, -0.25) is 4.79 Å². The fourth-order valence-corrected chi connectivity index (χ4v) is 3.94. The smallest absolute Gasteiger partial charge is 0.308 e. The second-order valence-corrected chi connectivity index (χ2v) is 7.53. The van der Waals surface area contributed by atoms with Crippen LogP contribution in [0.15, 0.2) is 30.3 Å². The quantitative estimate of drug-likeness (QED) is 0.471. The summed E-state index contributed by atoms with van der Waals surface area (Å²) in [5.41, 5.74) is 1.98. The van der Waals surface area contributed by atoms with E-state index in [9.17, 15) is 4.79 Å². The summed E-state index contributed by atoms with van der Waals surface area (Å²) in [6.45, 7) is 2.01. The summed E-state index contributed by atoms with van der Waals surface area (Å²) < 4.78 is 28.1. The highest BCUT2D eigenvalue weighted by atomic mass is 35.5. The maximum Gasteiger partial charge on any atom is 0.308 e. The number of ether oxygens (including phenoxy) is 5. The molecule has 31 heavy (non-hydrogen) atoms. The molecule has 0 fully saturated rings. The van der Waals surface area contributed by atoms with Gasteiger partial charge in [0.05, 0.1) is 40.0 Å². The van der Waals surface area contributed by atoms with E-state index in [1.54, 1.807) is 46.5 Å². The van der Waals surface area contributed by atoms with Gasteiger partial charge in [0.2, 0.25) is 0 Å². The number of nitrogens with one attached hydrogen (secondary N) is 1. The van der Waals surface area contributed by atoms with E-state index in [4.69, 9.17) is 47.5 Å². The van der Waals surface area contributed by atoms with E-state index in [1.807, 2.05) is 12.1 Å². The van der Waals surface area contributed by atoms with Crippen LogP contribution in [0.4, 0.5) is 5.69 Å². The van der Waals surface area contributed by atoms with Crippen molar-refractivity contribution in [3.8, 4) is 17.2 Å². The van der Waals surface area contributed by atoms with Crippen LogP contribution >= 0.6 is 23.8 Å². The number of para-hydroxylation sites is 1. The summed E-state index contributed by atoms with van der Waals surface area (Å²) in [6, 6.07) is 8.93. The fraction of sp³-hybridized carbons (Fsp3) is 0.364. The van der Waals surface area contributed by atoms with Gasteiger partial charge in [-0.1, -0.05) is 36.0 Å². The molecule has 0 aliphatic carbocycles. The van der Waals surface area contributed by atoms with Gasteiger partial charge in [-0.2, -0.15) is 0 Å². The number of methoxy groups -OCH3 is 3. The average Bonchev–Trinajstić information content (AvgIpc) is 2.89. The summed E-state index contributed by atoms with van der Waals surface area (Å²) >= 11 is 11.9. The molecule has 2 aromatic rings. The van der Waals surface area contributed by atoms with Gasteiger partial charge in [0.25, 0.3) is 0 Å². The predicted octanol–water partition coefficient (Wildman–Crippen LogP) is 4.55. The second kappa shape index (κ2) is 10.2. The molecule has 9 heteroatoms. The van der Waals surface area contributed by atoms with Crippen LogP contribution < -0.4 is 19.5 Å². The molecule has 0 saturated heterocycles. The van der Waals surface area contributed by atoms with E-state index in [-0.39, 0.29) is 13.0 Å². The minimum Gasteiger partial charge on any atom is -0.495 e. The first-order valence-electron chi connectivity index (χ1n) is 9.63. The van der Waals surface area contributed by atoms with Crippen LogP contribution in [0.1, 0.15) is 30.6 Å². The molecule has 0 bridgehead atoms. The van der Waals surface area contributed by atoms with Crippen LogP contribution in [0.5, 0.6) is 17.2 Å². The molecule has 2 unspecified atom stereocenters. The van der Waals surface area contributed by atoms with E-state index in [0.717, 1.165) is 0 Å². The largest absolute Gasteiger partial charge is 0.495 e. The highest BCUT2D eigenvalue weighted by Crippen LogP contribution is 2.46. The Balaban J connectivity index is 2.18. The molecule has 1 heterocycles. The Morgan fingerprint density at radius 2 is 1.87 bits per heavy atom. The molecule has 2 aromatic carbocycles. The molecule has 0 amide bonds. The first kappa shape index (κ1) is 23.1. The van der Waals surface area contributed by atoms with Crippen molar-refractivity contribution >= 4 is 40.5 Å². The Morgan fingerprint density at radius 1 is 1.13 bits per heavy atom. The van der Waals surface area contributed by atoms with Crippen LogP contribution in [0.2, 0.25) is 5.02 Å². The normalized spacial score (nSPS) is 17.8. The van der Waals surface area contributed by atoms with E-state index >= 15 is 0 Å². The average molecular weight is 466 g/mol. The maximum absolute atomic E-state index is 12.2. The first-order chi connectivity index (χ1) is 14.9. The number of halogens is 1. The van der Waals surface area contributed by atoms with Crippen LogP contribution in [-0.4, -0.2) is 45.0 Å². The van der Waals surface area contributed by atoms with Crippen LogP contribution in [0, 0.1) is 0 Å². The molecule has 0 radical (unpaired) electrons. The maximum atomic E-state index is 12.2. The summed E-state index contributed by atoms with van der Waals surface area (Å²) in [4.78, 5) is 12.5. The van der Waals surface area contributed by atoms with Gasteiger partial charge in [-0.25, -0.2) is 0 Å². The number of fused-ring (bicyclic) bond motifs is 1. The lowest BCUT2D eigenvalue weighted by Gasteiger charge is -2.24. The van der Waals surface area contributed by atoms with Crippen molar-refractivity contribution in [2.45, 2.75) is 25.6 Å². The zero-order valence-corrected chi connectivity index (χ0v) is 19.3. The Kier molecular flexibility index (Phi) is 7.59. The van der Waals surface area contributed by atoms with Crippen molar-refractivity contribution in [2.75, 3.05) is 33.3 Å². The van der Waals surface area contributed by atoms with Gasteiger partial charge >= 0.3 is 5.97 Å². The topological polar surface area (TPSA) is 75.3 Å². The van der Waals surface area contributed by atoms with Gasteiger partial charge in [0.15, 0.2) is 11.5 Å². The molecule has 1 aliphatic rings. The molecule has 0 aromatic heterocycles. The van der Waals surface area contributed by atoms with Crippen LogP contribution in [0.25, 0.3) is 0 Å². The van der Waals surface area contributed by atoms with Gasteiger partial charge in [-0.15, -0.1) is 0 Å². The number of esters is 1. The lowest BCUT2D eigenvalue weighted by atomic mass is 9.98. The van der Waals surface area contributed by atoms with Gasteiger partial charge in [-0.05, 0) is 19.1 Å². The molecule has 7 nitrogen and oxygen atoms in total. The SMILES string of the molecule is CCOC(=O)CC1OC(c2cccc(OC)c2OC)c2cc(Cl)cc(OC)c2NC1=S. The van der Waals surface area contributed by atoms with Crippen molar-refractivity contribution in [3.05, 3.63) is 46.5 Å². The minimum atomic E-state index is -0.745. The number of benzene rings is 2. The number of thiocarbonyl (C=S) groups is 1. The number of carbonyl (C=O) groups excluding carboxylic acids is 1. The third-order valence-corrected chi connectivity index (χ3v) is 5.40. The Labute approximate surface area is 191 Å².